The first-order chi connectivity index (χ1) is 7.95. The van der Waals surface area contributed by atoms with Crippen molar-refractivity contribution < 1.29 is 5.11 Å². The van der Waals surface area contributed by atoms with E-state index < -0.39 is 0 Å². The van der Waals surface area contributed by atoms with Gasteiger partial charge < -0.3 is 5.11 Å². The van der Waals surface area contributed by atoms with Gasteiger partial charge in [0, 0.05) is 22.7 Å². The van der Waals surface area contributed by atoms with Crippen molar-refractivity contribution in [3.8, 4) is 0 Å². The van der Waals surface area contributed by atoms with Crippen molar-refractivity contribution in [3.63, 3.8) is 0 Å². The lowest BCUT2D eigenvalue weighted by Gasteiger charge is -2.33. The summed E-state index contributed by atoms with van der Waals surface area (Å²) in [6.45, 7) is 7.39. The monoisotopic (exact) mass is 253 g/mol. The quantitative estimate of drug-likeness (QED) is 0.789. The van der Waals surface area contributed by atoms with Gasteiger partial charge in [-0.05, 0) is 40.0 Å². The van der Waals surface area contributed by atoms with Crippen molar-refractivity contribution in [2.45, 2.75) is 31.2 Å². The topological polar surface area (TPSA) is 23.5 Å². The number of rotatable bonds is 6. The Morgan fingerprint density at radius 1 is 1.24 bits per heavy atom. The molecule has 0 heterocycles. The smallest absolute Gasteiger partial charge is 0.0609 e. The Morgan fingerprint density at radius 3 is 2.35 bits per heavy atom. The number of aliphatic hydroxyl groups is 1. The van der Waals surface area contributed by atoms with Gasteiger partial charge in [0.1, 0.15) is 0 Å². The van der Waals surface area contributed by atoms with Gasteiger partial charge in [0.15, 0.2) is 0 Å². The second kappa shape index (κ2) is 6.43. The van der Waals surface area contributed by atoms with E-state index in [0.717, 1.165) is 12.3 Å². The highest BCUT2D eigenvalue weighted by Gasteiger charge is 2.21. The van der Waals surface area contributed by atoms with Gasteiger partial charge in [-0.1, -0.05) is 17.7 Å². The highest BCUT2D eigenvalue weighted by Crippen LogP contribution is 2.19. The highest BCUT2D eigenvalue weighted by atomic mass is 32.2. The van der Waals surface area contributed by atoms with Gasteiger partial charge in [-0.3, -0.25) is 4.90 Å². The summed E-state index contributed by atoms with van der Waals surface area (Å²) >= 11 is 1.86. The first-order valence-corrected chi connectivity index (χ1v) is 6.96. The van der Waals surface area contributed by atoms with Crippen LogP contribution in [0.3, 0.4) is 0 Å². The van der Waals surface area contributed by atoms with Crippen LogP contribution in [-0.2, 0) is 0 Å². The van der Waals surface area contributed by atoms with E-state index in [1.54, 1.807) is 0 Å². The third kappa shape index (κ3) is 4.70. The van der Waals surface area contributed by atoms with E-state index >= 15 is 0 Å². The Kier molecular flexibility index (Phi) is 5.50. The summed E-state index contributed by atoms with van der Waals surface area (Å²) in [5.74, 6) is 1.04. The standard InChI is InChI=1S/C14H23NOS/c1-12-5-7-13(8-6-12)17-10-9-15(4)14(2,3)11-16/h5-8,16H,9-11H2,1-4H3. The summed E-state index contributed by atoms with van der Waals surface area (Å²) in [7, 11) is 2.06. The molecule has 17 heavy (non-hydrogen) atoms. The third-order valence-electron chi connectivity index (χ3n) is 3.14. The van der Waals surface area contributed by atoms with Gasteiger partial charge in [-0.25, -0.2) is 0 Å². The van der Waals surface area contributed by atoms with Crippen molar-refractivity contribution in [2.75, 3.05) is 26.0 Å². The number of nitrogens with zero attached hydrogens (tertiary/aromatic N) is 1. The maximum absolute atomic E-state index is 9.26. The number of hydrogen-bond acceptors (Lipinski definition) is 3. The first kappa shape index (κ1) is 14.6. The SMILES string of the molecule is Cc1ccc(SCCN(C)C(C)(C)CO)cc1. The van der Waals surface area contributed by atoms with E-state index in [-0.39, 0.29) is 12.1 Å². The molecule has 0 aliphatic carbocycles. The largest absolute Gasteiger partial charge is 0.394 e. The van der Waals surface area contributed by atoms with E-state index in [4.69, 9.17) is 0 Å². The molecule has 1 aromatic rings. The molecule has 0 fully saturated rings. The van der Waals surface area contributed by atoms with Gasteiger partial charge in [0.05, 0.1) is 6.61 Å². The number of thioether (sulfide) groups is 1. The van der Waals surface area contributed by atoms with Crippen LogP contribution < -0.4 is 0 Å². The molecule has 0 saturated carbocycles. The van der Waals surface area contributed by atoms with Gasteiger partial charge in [-0.2, -0.15) is 0 Å². The first-order valence-electron chi connectivity index (χ1n) is 5.97. The van der Waals surface area contributed by atoms with Gasteiger partial charge in [0.25, 0.3) is 0 Å². The molecule has 0 atom stereocenters. The van der Waals surface area contributed by atoms with E-state index in [0.29, 0.717) is 0 Å². The predicted molar refractivity (Wildman–Crippen MR) is 75.7 cm³/mol. The molecule has 3 heteroatoms. The second-order valence-corrected chi connectivity index (χ2v) is 6.22. The average Bonchev–Trinajstić information content (AvgIpc) is 2.31. The molecule has 0 aliphatic rings. The van der Waals surface area contributed by atoms with Crippen LogP contribution in [0.15, 0.2) is 29.2 Å². The Balaban J connectivity index is 2.35. The van der Waals surface area contributed by atoms with Gasteiger partial charge >= 0.3 is 0 Å². The van der Waals surface area contributed by atoms with Crippen molar-refractivity contribution >= 4 is 11.8 Å². The fraction of sp³-hybridized carbons (Fsp3) is 0.571. The van der Waals surface area contributed by atoms with Crippen LogP contribution >= 0.6 is 11.8 Å². The number of benzene rings is 1. The number of aryl methyl sites for hydroxylation is 1. The maximum atomic E-state index is 9.26. The fourth-order valence-electron chi connectivity index (χ4n) is 1.36. The molecule has 0 amide bonds. The van der Waals surface area contributed by atoms with Crippen LogP contribution in [0.25, 0.3) is 0 Å². The molecule has 0 unspecified atom stereocenters. The summed E-state index contributed by atoms with van der Waals surface area (Å²) in [5, 5.41) is 9.26. The molecule has 0 aliphatic heterocycles. The summed E-state index contributed by atoms with van der Waals surface area (Å²) < 4.78 is 0. The molecule has 0 radical (unpaired) electrons. The minimum Gasteiger partial charge on any atom is -0.394 e. The molecule has 1 rings (SSSR count). The molecule has 0 aromatic heterocycles. The van der Waals surface area contributed by atoms with E-state index in [2.05, 4.69) is 57.0 Å². The van der Waals surface area contributed by atoms with Crippen molar-refractivity contribution in [1.82, 2.24) is 4.90 Å². The molecule has 0 saturated heterocycles. The highest BCUT2D eigenvalue weighted by molar-refractivity contribution is 7.99. The fourth-order valence-corrected chi connectivity index (χ4v) is 2.29. The van der Waals surface area contributed by atoms with E-state index in [1.807, 2.05) is 11.8 Å². The lowest BCUT2D eigenvalue weighted by molar-refractivity contribution is 0.0845. The Labute approximate surface area is 109 Å². The zero-order valence-corrected chi connectivity index (χ0v) is 12.0. The summed E-state index contributed by atoms with van der Waals surface area (Å²) in [5.41, 5.74) is 1.17. The average molecular weight is 253 g/mol. The Morgan fingerprint density at radius 2 is 1.82 bits per heavy atom. The van der Waals surface area contributed by atoms with Crippen LogP contribution in [0.4, 0.5) is 0 Å². The molecule has 1 aromatic carbocycles. The third-order valence-corrected chi connectivity index (χ3v) is 4.13. The Hall–Kier alpha value is -0.510. The molecule has 0 spiro atoms. The minimum absolute atomic E-state index is 0.131. The molecular formula is C14H23NOS. The van der Waals surface area contributed by atoms with Crippen molar-refractivity contribution in [2.24, 2.45) is 0 Å². The molecule has 96 valence electrons. The zero-order chi connectivity index (χ0) is 12.9. The van der Waals surface area contributed by atoms with Gasteiger partial charge in [-0.15, -0.1) is 11.8 Å². The summed E-state index contributed by atoms with van der Waals surface area (Å²) in [6, 6.07) is 8.61. The van der Waals surface area contributed by atoms with Crippen molar-refractivity contribution in [1.29, 1.82) is 0 Å². The number of hydrogen-bond donors (Lipinski definition) is 1. The number of likely N-dealkylation sites (N-methyl/N-ethyl adjacent to an activating group) is 1. The predicted octanol–water partition coefficient (Wildman–Crippen LogP) is 2.79. The van der Waals surface area contributed by atoms with Crippen LogP contribution in [0.5, 0.6) is 0 Å². The van der Waals surface area contributed by atoms with E-state index in [1.165, 1.54) is 10.5 Å². The second-order valence-electron chi connectivity index (χ2n) is 5.05. The minimum atomic E-state index is -0.131. The molecule has 1 N–H and O–H groups in total. The molecule has 0 bridgehead atoms. The van der Waals surface area contributed by atoms with Crippen LogP contribution in [0.1, 0.15) is 19.4 Å². The summed E-state index contributed by atoms with van der Waals surface area (Å²) in [6.07, 6.45) is 0. The van der Waals surface area contributed by atoms with Crippen LogP contribution in [-0.4, -0.2) is 41.5 Å². The lowest BCUT2D eigenvalue weighted by Crippen LogP contribution is -2.45. The van der Waals surface area contributed by atoms with E-state index in [9.17, 15) is 5.11 Å². The molecular weight excluding hydrogens is 230 g/mol. The van der Waals surface area contributed by atoms with Crippen molar-refractivity contribution in [3.05, 3.63) is 29.8 Å². The number of aliphatic hydroxyl groups excluding tert-OH is 1. The normalized spacial score (nSPS) is 12.1. The van der Waals surface area contributed by atoms with Crippen LogP contribution in [0.2, 0.25) is 0 Å². The maximum Gasteiger partial charge on any atom is 0.0609 e. The van der Waals surface area contributed by atoms with Crippen LogP contribution in [0, 0.1) is 6.92 Å². The lowest BCUT2D eigenvalue weighted by atomic mass is 10.1. The summed E-state index contributed by atoms with van der Waals surface area (Å²) in [4.78, 5) is 3.51. The zero-order valence-electron chi connectivity index (χ0n) is 11.2. The van der Waals surface area contributed by atoms with Gasteiger partial charge in [0.2, 0.25) is 0 Å². The Bertz CT molecular complexity index is 335. The molecule has 2 nitrogen and oxygen atoms in total.